The van der Waals surface area contributed by atoms with Crippen LogP contribution in [0.1, 0.15) is 42.0 Å². The molecule has 4 rings (SSSR count). The van der Waals surface area contributed by atoms with Crippen molar-refractivity contribution in [3.8, 4) is 0 Å². The fourth-order valence-electron chi connectivity index (χ4n) is 5.69. The van der Waals surface area contributed by atoms with Crippen molar-refractivity contribution in [2.24, 2.45) is 5.73 Å². The molecule has 0 heterocycles. The molecule has 12 heteroatoms. The topological polar surface area (TPSA) is 155 Å². The van der Waals surface area contributed by atoms with E-state index in [0.717, 1.165) is 0 Å². The number of esters is 4. The minimum atomic E-state index is -2.07. The summed E-state index contributed by atoms with van der Waals surface area (Å²) in [6.45, 7) is -1.03. The van der Waals surface area contributed by atoms with Crippen molar-refractivity contribution in [3.63, 3.8) is 0 Å². The SMILES string of the molecule is CCCC(C(N)=O)(N(CC(=O)OCc1ccccc1)CC(=O)OCc1ccccc1)N(CC(=O)OCc1ccccc1)CC(=O)OCc1ccccc1. The van der Waals surface area contributed by atoms with Crippen LogP contribution < -0.4 is 5.73 Å². The smallest absolute Gasteiger partial charge is 0.320 e. The van der Waals surface area contributed by atoms with E-state index >= 15 is 0 Å². The summed E-state index contributed by atoms with van der Waals surface area (Å²) in [7, 11) is 0. The molecule has 0 fully saturated rings. The number of ether oxygens (including phenoxy) is 4. The van der Waals surface area contributed by atoms with Crippen molar-refractivity contribution in [2.75, 3.05) is 26.2 Å². The molecule has 2 N–H and O–H groups in total. The highest BCUT2D eigenvalue weighted by Gasteiger charge is 2.50. The van der Waals surface area contributed by atoms with Gasteiger partial charge in [0.05, 0.1) is 26.2 Å². The van der Waals surface area contributed by atoms with E-state index in [9.17, 15) is 24.0 Å². The van der Waals surface area contributed by atoms with Gasteiger partial charge >= 0.3 is 23.9 Å². The van der Waals surface area contributed by atoms with E-state index in [-0.39, 0.29) is 39.3 Å². The second-order valence-corrected chi connectivity index (χ2v) is 12.2. The lowest BCUT2D eigenvalue weighted by Gasteiger charge is -2.47. The van der Waals surface area contributed by atoms with Crippen LogP contribution in [0.2, 0.25) is 0 Å². The van der Waals surface area contributed by atoms with Gasteiger partial charge in [0.1, 0.15) is 26.4 Å². The maximum atomic E-state index is 13.9. The Hall–Kier alpha value is -5.85. The molecule has 0 aromatic heterocycles. The van der Waals surface area contributed by atoms with E-state index in [4.69, 9.17) is 24.7 Å². The molecule has 4 aromatic carbocycles. The zero-order chi connectivity index (χ0) is 37.9. The maximum Gasteiger partial charge on any atom is 0.320 e. The number of carbonyl (C=O) groups is 5. The predicted octanol–water partition coefficient (Wildman–Crippen LogP) is 4.55. The molecule has 53 heavy (non-hydrogen) atoms. The zero-order valence-electron chi connectivity index (χ0n) is 29.8. The number of hydrogen-bond acceptors (Lipinski definition) is 11. The average Bonchev–Trinajstić information content (AvgIpc) is 3.18. The van der Waals surface area contributed by atoms with Gasteiger partial charge in [-0.3, -0.25) is 33.8 Å². The number of nitrogens with two attached hydrogens (primary N) is 1. The normalized spacial score (nSPS) is 11.2. The predicted molar refractivity (Wildman–Crippen MR) is 195 cm³/mol. The fourth-order valence-corrected chi connectivity index (χ4v) is 5.69. The Morgan fingerprint density at radius 1 is 0.472 bits per heavy atom. The highest BCUT2D eigenvalue weighted by atomic mass is 16.5. The van der Waals surface area contributed by atoms with Crippen LogP contribution in [0.25, 0.3) is 0 Å². The number of carbonyl (C=O) groups excluding carboxylic acids is 5. The van der Waals surface area contributed by atoms with E-state index in [1.54, 1.807) is 104 Å². The van der Waals surface area contributed by atoms with Crippen LogP contribution in [-0.2, 0) is 69.3 Å². The van der Waals surface area contributed by atoms with Crippen LogP contribution in [0.15, 0.2) is 121 Å². The van der Waals surface area contributed by atoms with Crippen LogP contribution in [-0.4, -0.2) is 71.4 Å². The first-order chi connectivity index (χ1) is 25.7. The Labute approximate surface area is 309 Å². The Balaban J connectivity index is 1.67. The number of hydrogen-bond donors (Lipinski definition) is 1. The summed E-state index contributed by atoms with van der Waals surface area (Å²) in [5.74, 6) is -4.17. The van der Waals surface area contributed by atoms with Crippen LogP contribution in [0.5, 0.6) is 0 Å². The van der Waals surface area contributed by atoms with Gasteiger partial charge in [0.15, 0.2) is 5.66 Å². The minimum Gasteiger partial charge on any atom is -0.460 e. The van der Waals surface area contributed by atoms with Crippen molar-refractivity contribution >= 4 is 29.8 Å². The number of amides is 1. The van der Waals surface area contributed by atoms with E-state index in [1.165, 1.54) is 9.80 Å². The van der Waals surface area contributed by atoms with E-state index < -0.39 is 61.6 Å². The van der Waals surface area contributed by atoms with Crippen LogP contribution in [0.3, 0.4) is 0 Å². The van der Waals surface area contributed by atoms with Gasteiger partial charge in [-0.1, -0.05) is 135 Å². The fraction of sp³-hybridized carbons (Fsp3) is 0.293. The lowest BCUT2D eigenvalue weighted by atomic mass is 9.97. The summed E-state index contributed by atoms with van der Waals surface area (Å²) in [4.78, 5) is 70.2. The first-order valence-electron chi connectivity index (χ1n) is 17.3. The highest BCUT2D eigenvalue weighted by molar-refractivity contribution is 5.88. The summed E-state index contributed by atoms with van der Waals surface area (Å²) in [5, 5.41) is 0. The monoisotopic (exact) mass is 723 g/mol. The summed E-state index contributed by atoms with van der Waals surface area (Å²) < 4.78 is 22.2. The molecule has 0 atom stereocenters. The molecule has 0 saturated carbocycles. The van der Waals surface area contributed by atoms with E-state index in [0.29, 0.717) is 22.3 Å². The minimum absolute atomic E-state index is 0.0787. The molecular weight excluding hydrogens is 678 g/mol. The molecule has 4 aromatic rings. The van der Waals surface area contributed by atoms with Crippen LogP contribution in [0, 0.1) is 0 Å². The second kappa shape index (κ2) is 20.9. The number of primary amides is 1. The third kappa shape index (κ3) is 12.7. The molecule has 0 unspecified atom stereocenters. The Morgan fingerprint density at radius 3 is 0.925 bits per heavy atom. The van der Waals surface area contributed by atoms with Gasteiger partial charge in [0.25, 0.3) is 5.91 Å². The van der Waals surface area contributed by atoms with Gasteiger partial charge in [-0.25, -0.2) is 0 Å². The first kappa shape index (κ1) is 39.9. The molecule has 278 valence electrons. The lowest BCUT2D eigenvalue weighted by molar-refractivity contribution is -0.171. The standard InChI is InChI=1S/C41H45N3O9/c1-2-23-41(40(42)49,43(24-36(45)50-28-32-15-7-3-8-16-32)25-37(46)51-29-33-17-9-4-10-18-33)44(26-38(47)52-30-34-19-11-5-12-20-34)27-39(48)53-31-35-21-13-6-14-22-35/h3-22H,2,23-31H2,1H3,(H2,42,49). The molecule has 12 nitrogen and oxygen atoms in total. The molecule has 0 aliphatic carbocycles. The molecule has 0 aliphatic heterocycles. The first-order valence-corrected chi connectivity index (χ1v) is 17.3. The molecule has 0 bridgehead atoms. The molecule has 0 spiro atoms. The van der Waals surface area contributed by atoms with Gasteiger partial charge in [-0.15, -0.1) is 0 Å². The van der Waals surface area contributed by atoms with Crippen LogP contribution in [0.4, 0.5) is 0 Å². The molecule has 0 radical (unpaired) electrons. The van der Waals surface area contributed by atoms with E-state index in [2.05, 4.69) is 0 Å². The Morgan fingerprint density at radius 2 is 0.717 bits per heavy atom. The van der Waals surface area contributed by atoms with Gasteiger partial charge < -0.3 is 24.7 Å². The molecule has 0 saturated heterocycles. The molecular formula is C41H45N3O9. The zero-order valence-corrected chi connectivity index (χ0v) is 29.8. The van der Waals surface area contributed by atoms with Gasteiger partial charge in [-0.05, 0) is 28.7 Å². The summed E-state index contributed by atoms with van der Waals surface area (Å²) in [6.07, 6.45) is 0.185. The van der Waals surface area contributed by atoms with Crippen molar-refractivity contribution in [1.82, 2.24) is 9.80 Å². The van der Waals surface area contributed by atoms with E-state index in [1.807, 2.05) is 24.3 Å². The molecule has 0 aliphatic rings. The number of benzene rings is 4. The third-order valence-corrected chi connectivity index (χ3v) is 8.29. The Kier molecular flexibility index (Phi) is 15.7. The van der Waals surface area contributed by atoms with Crippen molar-refractivity contribution in [1.29, 1.82) is 0 Å². The third-order valence-electron chi connectivity index (χ3n) is 8.29. The van der Waals surface area contributed by atoms with Gasteiger partial charge in [0.2, 0.25) is 0 Å². The number of nitrogens with zero attached hydrogens (tertiary/aromatic N) is 2. The van der Waals surface area contributed by atoms with Crippen molar-refractivity contribution in [3.05, 3.63) is 144 Å². The van der Waals surface area contributed by atoms with Gasteiger partial charge in [0, 0.05) is 0 Å². The van der Waals surface area contributed by atoms with Gasteiger partial charge in [-0.2, -0.15) is 0 Å². The largest absolute Gasteiger partial charge is 0.460 e. The summed E-state index contributed by atoms with van der Waals surface area (Å²) >= 11 is 0. The lowest BCUT2D eigenvalue weighted by Crippen LogP contribution is -2.70. The molecule has 1 amide bonds. The van der Waals surface area contributed by atoms with Crippen molar-refractivity contribution in [2.45, 2.75) is 51.9 Å². The second-order valence-electron chi connectivity index (χ2n) is 12.2. The average molecular weight is 724 g/mol. The Bertz CT molecular complexity index is 1520. The summed E-state index contributed by atoms with van der Waals surface area (Å²) in [6, 6.07) is 35.9. The maximum absolute atomic E-state index is 13.9. The van der Waals surface area contributed by atoms with Crippen LogP contribution >= 0.6 is 0 Å². The highest BCUT2D eigenvalue weighted by Crippen LogP contribution is 2.28. The quantitative estimate of drug-likeness (QED) is 0.0732. The van der Waals surface area contributed by atoms with Crippen molar-refractivity contribution < 1.29 is 42.9 Å². The summed E-state index contributed by atoms with van der Waals surface area (Å²) in [5.41, 5.74) is 6.99. The number of rotatable bonds is 21.